The molecule has 0 aromatic heterocycles. The average Bonchev–Trinajstić information content (AvgIpc) is 2.37. The zero-order chi connectivity index (χ0) is 14.0. The van der Waals surface area contributed by atoms with Crippen LogP contribution >= 0.6 is 11.6 Å². The molecule has 1 aromatic rings. The van der Waals surface area contributed by atoms with E-state index < -0.39 is 17.9 Å². The smallest absolute Gasteiger partial charge is 0.371 e. The maximum Gasteiger partial charge on any atom is 0.393 e. The molecule has 19 heavy (non-hydrogen) atoms. The minimum Gasteiger partial charge on any atom is -0.371 e. The number of halogens is 5. The molecule has 1 nitrogen and oxygen atoms in total. The monoisotopic (exact) mass is 295 g/mol. The second kappa shape index (κ2) is 5.57. The molecule has 1 aromatic carbocycles. The Kier molecular flexibility index (Phi) is 4.23. The lowest BCUT2D eigenvalue weighted by atomic mass is 9.96. The minimum absolute atomic E-state index is 0.0836. The lowest BCUT2D eigenvalue weighted by Crippen LogP contribution is -2.42. The molecule has 1 heterocycles. The summed E-state index contributed by atoms with van der Waals surface area (Å²) in [6, 6.07) is 4.04. The highest BCUT2D eigenvalue weighted by Gasteiger charge is 2.42. The summed E-state index contributed by atoms with van der Waals surface area (Å²) in [4.78, 5) is 1.65. The molecule has 1 aliphatic heterocycles. The standard InChI is InChI=1S/C13H14ClF4N/c14-7-9-6-11(15)3-4-12(9)19-5-1-2-10(8-19)13(16,17)18/h3-4,6,10H,1-2,5,7-8H2. The Morgan fingerprint density at radius 2 is 2.05 bits per heavy atom. The second-order valence-corrected chi connectivity index (χ2v) is 5.00. The molecule has 6 heteroatoms. The van der Waals surface area contributed by atoms with Gasteiger partial charge in [-0.25, -0.2) is 4.39 Å². The number of hydrogen-bond donors (Lipinski definition) is 0. The third-order valence-corrected chi connectivity index (χ3v) is 3.70. The summed E-state index contributed by atoms with van der Waals surface area (Å²) in [7, 11) is 0. The van der Waals surface area contributed by atoms with Crippen molar-refractivity contribution < 1.29 is 17.6 Å². The number of piperidine rings is 1. The number of nitrogens with zero attached hydrogens (tertiary/aromatic N) is 1. The van der Waals surface area contributed by atoms with E-state index in [1.807, 2.05) is 0 Å². The third kappa shape index (κ3) is 3.32. The first-order valence-corrected chi connectivity index (χ1v) is 6.61. The van der Waals surface area contributed by atoms with Gasteiger partial charge in [-0.15, -0.1) is 11.6 Å². The van der Waals surface area contributed by atoms with Crippen LogP contribution in [0.5, 0.6) is 0 Å². The predicted molar refractivity (Wildman–Crippen MR) is 66.9 cm³/mol. The van der Waals surface area contributed by atoms with Crippen molar-refractivity contribution in [3.63, 3.8) is 0 Å². The summed E-state index contributed by atoms with van der Waals surface area (Å²) < 4.78 is 51.4. The van der Waals surface area contributed by atoms with E-state index in [9.17, 15) is 17.6 Å². The Balaban J connectivity index is 2.22. The molecule has 106 valence electrons. The van der Waals surface area contributed by atoms with Gasteiger partial charge in [-0.3, -0.25) is 0 Å². The van der Waals surface area contributed by atoms with Crippen LogP contribution in [0.2, 0.25) is 0 Å². The van der Waals surface area contributed by atoms with Gasteiger partial charge in [0.1, 0.15) is 5.82 Å². The largest absolute Gasteiger partial charge is 0.393 e. The van der Waals surface area contributed by atoms with Crippen molar-refractivity contribution in [3.8, 4) is 0 Å². The van der Waals surface area contributed by atoms with Crippen molar-refractivity contribution >= 4 is 17.3 Å². The Bertz CT molecular complexity index is 447. The molecule has 2 rings (SSSR count). The summed E-state index contributed by atoms with van der Waals surface area (Å²) in [5.74, 6) is -1.67. The fourth-order valence-electron chi connectivity index (χ4n) is 2.43. The molecule has 1 saturated heterocycles. The number of hydrogen-bond acceptors (Lipinski definition) is 1. The summed E-state index contributed by atoms with van der Waals surface area (Å²) in [5, 5.41) is 0. The van der Waals surface area contributed by atoms with Gasteiger partial charge in [0.05, 0.1) is 5.92 Å². The van der Waals surface area contributed by atoms with E-state index in [0.717, 1.165) is 0 Å². The summed E-state index contributed by atoms with van der Waals surface area (Å²) in [5.41, 5.74) is 1.13. The highest BCUT2D eigenvalue weighted by molar-refractivity contribution is 6.17. The second-order valence-electron chi connectivity index (χ2n) is 4.73. The molecular formula is C13H14ClF4N. The van der Waals surface area contributed by atoms with E-state index in [2.05, 4.69) is 0 Å². The Labute approximate surface area is 114 Å². The summed E-state index contributed by atoms with van der Waals surface area (Å²) in [6.07, 6.45) is -3.56. The van der Waals surface area contributed by atoms with Gasteiger partial charge >= 0.3 is 6.18 Å². The van der Waals surface area contributed by atoms with E-state index in [0.29, 0.717) is 24.2 Å². The molecule has 0 spiro atoms. The first-order chi connectivity index (χ1) is 8.91. The van der Waals surface area contributed by atoms with Crippen molar-refractivity contribution in [1.82, 2.24) is 0 Å². The van der Waals surface area contributed by atoms with Crippen LogP contribution in [-0.4, -0.2) is 19.3 Å². The van der Waals surface area contributed by atoms with E-state index >= 15 is 0 Å². The van der Waals surface area contributed by atoms with E-state index in [4.69, 9.17) is 11.6 Å². The fourth-order valence-corrected chi connectivity index (χ4v) is 2.65. The van der Waals surface area contributed by atoms with Crippen LogP contribution in [-0.2, 0) is 5.88 Å². The molecular weight excluding hydrogens is 282 g/mol. The van der Waals surface area contributed by atoms with Crippen molar-refractivity contribution in [3.05, 3.63) is 29.6 Å². The first kappa shape index (κ1) is 14.4. The maximum absolute atomic E-state index is 13.1. The van der Waals surface area contributed by atoms with Gasteiger partial charge in [-0.1, -0.05) is 0 Å². The molecule has 0 amide bonds. The number of rotatable bonds is 2. The molecule has 0 aliphatic carbocycles. The van der Waals surface area contributed by atoms with Crippen LogP contribution in [0, 0.1) is 11.7 Å². The number of alkyl halides is 4. The normalized spacial score (nSPS) is 20.7. The van der Waals surface area contributed by atoms with Gasteiger partial charge in [0, 0.05) is 24.7 Å². The van der Waals surface area contributed by atoms with Gasteiger partial charge < -0.3 is 4.90 Å². The average molecular weight is 296 g/mol. The van der Waals surface area contributed by atoms with Crippen molar-refractivity contribution in [2.45, 2.75) is 24.9 Å². The van der Waals surface area contributed by atoms with Crippen LogP contribution in [0.4, 0.5) is 23.2 Å². The predicted octanol–water partition coefficient (Wildman–Crippen LogP) is 4.34. The maximum atomic E-state index is 13.1. The fraction of sp³-hybridized carbons (Fsp3) is 0.538. The van der Waals surface area contributed by atoms with Crippen molar-refractivity contribution in [2.24, 2.45) is 5.92 Å². The Hall–Kier alpha value is -0.970. The quantitative estimate of drug-likeness (QED) is 0.579. The minimum atomic E-state index is -4.18. The SMILES string of the molecule is Fc1ccc(N2CCCC(C(F)(F)F)C2)c(CCl)c1. The Morgan fingerprint density at radius 3 is 2.68 bits per heavy atom. The van der Waals surface area contributed by atoms with Crippen molar-refractivity contribution in [2.75, 3.05) is 18.0 Å². The number of benzene rings is 1. The molecule has 0 N–H and O–H groups in total. The van der Waals surface area contributed by atoms with E-state index in [-0.39, 0.29) is 18.8 Å². The Morgan fingerprint density at radius 1 is 1.32 bits per heavy atom. The van der Waals surface area contributed by atoms with Gasteiger partial charge in [0.25, 0.3) is 0 Å². The summed E-state index contributed by atoms with van der Waals surface area (Å²) >= 11 is 5.73. The first-order valence-electron chi connectivity index (χ1n) is 6.08. The van der Waals surface area contributed by atoms with E-state index in [1.165, 1.54) is 18.2 Å². The highest BCUT2D eigenvalue weighted by Crippen LogP contribution is 2.36. The molecule has 1 unspecified atom stereocenters. The topological polar surface area (TPSA) is 3.24 Å². The lowest BCUT2D eigenvalue weighted by molar-refractivity contribution is -0.176. The highest BCUT2D eigenvalue weighted by atomic mass is 35.5. The molecule has 1 atom stereocenters. The lowest BCUT2D eigenvalue weighted by Gasteiger charge is -2.36. The molecule has 0 saturated carbocycles. The third-order valence-electron chi connectivity index (χ3n) is 3.41. The number of anilines is 1. The van der Waals surface area contributed by atoms with Crippen LogP contribution in [0.15, 0.2) is 18.2 Å². The van der Waals surface area contributed by atoms with Crippen LogP contribution in [0.25, 0.3) is 0 Å². The van der Waals surface area contributed by atoms with E-state index in [1.54, 1.807) is 4.90 Å². The van der Waals surface area contributed by atoms with Crippen LogP contribution in [0.1, 0.15) is 18.4 Å². The summed E-state index contributed by atoms with van der Waals surface area (Å²) in [6.45, 7) is 0.459. The van der Waals surface area contributed by atoms with Crippen molar-refractivity contribution in [1.29, 1.82) is 0 Å². The molecule has 0 bridgehead atoms. The molecule has 1 fully saturated rings. The van der Waals surface area contributed by atoms with Gasteiger partial charge in [-0.2, -0.15) is 13.2 Å². The van der Waals surface area contributed by atoms with Gasteiger partial charge in [0.15, 0.2) is 0 Å². The molecule has 0 radical (unpaired) electrons. The molecule has 1 aliphatic rings. The van der Waals surface area contributed by atoms with Crippen LogP contribution < -0.4 is 4.90 Å². The zero-order valence-corrected chi connectivity index (χ0v) is 10.9. The van der Waals surface area contributed by atoms with Gasteiger partial charge in [0.2, 0.25) is 0 Å². The van der Waals surface area contributed by atoms with Crippen LogP contribution in [0.3, 0.4) is 0 Å². The zero-order valence-electron chi connectivity index (χ0n) is 10.2. The van der Waals surface area contributed by atoms with Gasteiger partial charge in [-0.05, 0) is 36.6 Å².